The molecule has 0 unspecified atom stereocenters. The van der Waals surface area contributed by atoms with Crippen LogP contribution in [0.4, 0.5) is 4.39 Å². The van der Waals surface area contributed by atoms with Crippen LogP contribution >= 0.6 is 22.6 Å². The summed E-state index contributed by atoms with van der Waals surface area (Å²) in [6.45, 7) is 0. The smallest absolute Gasteiger partial charge is 0.214 e. The summed E-state index contributed by atoms with van der Waals surface area (Å²) in [5.74, 6) is 0.118. The molecule has 0 aliphatic heterocycles. The van der Waals surface area contributed by atoms with Gasteiger partial charge in [0.1, 0.15) is 0 Å². The maximum Gasteiger partial charge on any atom is 0.214 e. The van der Waals surface area contributed by atoms with Gasteiger partial charge in [0.25, 0.3) is 0 Å². The van der Waals surface area contributed by atoms with E-state index in [4.69, 9.17) is 4.74 Å². The third-order valence-corrected chi connectivity index (χ3v) is 1.85. The Morgan fingerprint density at radius 3 is 2.90 bits per heavy atom. The van der Waals surface area contributed by atoms with E-state index < -0.39 is 5.95 Å². The second kappa shape index (κ2) is 3.14. The normalized spacial score (nSPS) is 9.50. The zero-order valence-electron chi connectivity index (χ0n) is 5.27. The van der Waals surface area contributed by atoms with E-state index in [1.807, 2.05) is 22.6 Å². The topological polar surface area (TPSA) is 22.1 Å². The van der Waals surface area contributed by atoms with E-state index in [0.29, 0.717) is 5.75 Å². The average molecular weight is 253 g/mol. The molecule has 1 aromatic rings. The van der Waals surface area contributed by atoms with Crippen molar-refractivity contribution >= 4 is 22.6 Å². The van der Waals surface area contributed by atoms with Gasteiger partial charge in [-0.25, -0.2) is 4.98 Å². The zero-order chi connectivity index (χ0) is 7.56. The van der Waals surface area contributed by atoms with Crippen molar-refractivity contribution in [2.45, 2.75) is 0 Å². The molecule has 0 saturated carbocycles. The van der Waals surface area contributed by atoms with Crippen molar-refractivity contribution in [1.82, 2.24) is 4.98 Å². The zero-order valence-corrected chi connectivity index (χ0v) is 7.42. The summed E-state index contributed by atoms with van der Waals surface area (Å²) < 4.78 is 17.9. The number of ether oxygens (including phenoxy) is 1. The van der Waals surface area contributed by atoms with Gasteiger partial charge in [0.05, 0.1) is 16.9 Å². The van der Waals surface area contributed by atoms with E-state index in [1.165, 1.54) is 19.4 Å². The highest BCUT2D eigenvalue weighted by Crippen LogP contribution is 2.18. The molecular weight excluding hydrogens is 248 g/mol. The summed E-state index contributed by atoms with van der Waals surface area (Å²) in [4.78, 5) is 3.41. The molecule has 0 saturated heterocycles. The maximum atomic E-state index is 12.3. The SMILES string of the molecule is COc1cnc(F)cc1I. The molecule has 1 aromatic heterocycles. The van der Waals surface area contributed by atoms with Gasteiger partial charge in [-0.3, -0.25) is 0 Å². The van der Waals surface area contributed by atoms with Crippen LogP contribution in [0.25, 0.3) is 0 Å². The predicted molar refractivity (Wildman–Crippen MR) is 43.5 cm³/mol. The van der Waals surface area contributed by atoms with E-state index in [9.17, 15) is 4.39 Å². The number of nitrogens with zero attached hydrogens (tertiary/aromatic N) is 1. The van der Waals surface area contributed by atoms with Crippen molar-refractivity contribution in [1.29, 1.82) is 0 Å². The van der Waals surface area contributed by atoms with Crippen molar-refractivity contribution in [3.8, 4) is 5.75 Å². The maximum absolute atomic E-state index is 12.3. The highest BCUT2D eigenvalue weighted by molar-refractivity contribution is 14.1. The quantitative estimate of drug-likeness (QED) is 0.562. The molecule has 4 heteroatoms. The van der Waals surface area contributed by atoms with E-state index in [0.717, 1.165) is 3.57 Å². The fourth-order valence-corrected chi connectivity index (χ4v) is 1.16. The second-order valence-corrected chi connectivity index (χ2v) is 2.80. The second-order valence-electron chi connectivity index (χ2n) is 1.64. The molecule has 0 spiro atoms. The molecule has 10 heavy (non-hydrogen) atoms. The van der Waals surface area contributed by atoms with Gasteiger partial charge in [-0.05, 0) is 22.6 Å². The number of pyridine rings is 1. The molecule has 54 valence electrons. The number of hydrogen-bond donors (Lipinski definition) is 0. The van der Waals surface area contributed by atoms with Gasteiger partial charge in [0.2, 0.25) is 5.95 Å². The summed E-state index contributed by atoms with van der Waals surface area (Å²) in [5.41, 5.74) is 0. The molecule has 0 fully saturated rings. The number of aromatic nitrogens is 1. The largest absolute Gasteiger partial charge is 0.494 e. The lowest BCUT2D eigenvalue weighted by atomic mass is 10.5. The van der Waals surface area contributed by atoms with Gasteiger partial charge >= 0.3 is 0 Å². The fourth-order valence-electron chi connectivity index (χ4n) is 0.545. The predicted octanol–water partition coefficient (Wildman–Crippen LogP) is 1.83. The Morgan fingerprint density at radius 2 is 2.40 bits per heavy atom. The molecule has 0 radical (unpaired) electrons. The molecule has 1 heterocycles. The minimum Gasteiger partial charge on any atom is -0.494 e. The highest BCUT2D eigenvalue weighted by Gasteiger charge is 2.00. The molecular formula is C6H5FINO. The minimum atomic E-state index is -0.481. The van der Waals surface area contributed by atoms with Crippen LogP contribution in [0.3, 0.4) is 0 Å². The Balaban J connectivity index is 3.07. The van der Waals surface area contributed by atoms with Crippen molar-refractivity contribution in [2.24, 2.45) is 0 Å². The molecule has 0 aliphatic rings. The lowest BCUT2D eigenvalue weighted by molar-refractivity contribution is 0.407. The summed E-state index contributed by atoms with van der Waals surface area (Å²) in [6, 6.07) is 1.32. The van der Waals surface area contributed by atoms with Crippen molar-refractivity contribution in [2.75, 3.05) is 7.11 Å². The number of rotatable bonds is 1. The number of methoxy groups -OCH3 is 1. The Morgan fingerprint density at radius 1 is 1.70 bits per heavy atom. The number of hydrogen-bond acceptors (Lipinski definition) is 2. The van der Waals surface area contributed by atoms with Crippen LogP contribution in [0.15, 0.2) is 12.3 Å². The Hall–Kier alpha value is -0.390. The molecule has 0 bridgehead atoms. The first kappa shape index (κ1) is 7.71. The fraction of sp³-hybridized carbons (Fsp3) is 0.167. The van der Waals surface area contributed by atoms with Crippen molar-refractivity contribution in [3.05, 3.63) is 21.8 Å². The summed E-state index contributed by atoms with van der Waals surface area (Å²) in [6.07, 6.45) is 1.36. The van der Waals surface area contributed by atoms with Crippen LogP contribution in [0.2, 0.25) is 0 Å². The van der Waals surface area contributed by atoms with Gasteiger partial charge < -0.3 is 4.74 Å². The Kier molecular flexibility index (Phi) is 2.42. The molecule has 1 rings (SSSR count). The monoisotopic (exact) mass is 253 g/mol. The van der Waals surface area contributed by atoms with Crippen LogP contribution < -0.4 is 4.74 Å². The standard InChI is InChI=1S/C6H5FINO/c1-10-5-3-9-6(7)2-4(5)8/h2-3H,1H3. The van der Waals surface area contributed by atoms with E-state index in [1.54, 1.807) is 0 Å². The van der Waals surface area contributed by atoms with Gasteiger partial charge in [-0.2, -0.15) is 4.39 Å². The number of halogens is 2. The minimum absolute atomic E-state index is 0.481. The van der Waals surface area contributed by atoms with Crippen LogP contribution in [-0.4, -0.2) is 12.1 Å². The van der Waals surface area contributed by atoms with Crippen LogP contribution in [-0.2, 0) is 0 Å². The molecule has 0 aliphatic carbocycles. The van der Waals surface area contributed by atoms with E-state index in [-0.39, 0.29) is 0 Å². The van der Waals surface area contributed by atoms with Gasteiger partial charge in [-0.15, -0.1) is 0 Å². The molecule has 2 nitrogen and oxygen atoms in total. The lowest BCUT2D eigenvalue weighted by Gasteiger charge is -1.99. The van der Waals surface area contributed by atoms with Gasteiger partial charge in [-0.1, -0.05) is 0 Å². The lowest BCUT2D eigenvalue weighted by Crippen LogP contribution is -1.90. The summed E-state index contributed by atoms with van der Waals surface area (Å²) in [5, 5.41) is 0. The highest BCUT2D eigenvalue weighted by atomic mass is 127. The van der Waals surface area contributed by atoms with Gasteiger partial charge in [0.15, 0.2) is 5.75 Å². The molecule has 0 atom stereocenters. The van der Waals surface area contributed by atoms with Crippen LogP contribution in [0, 0.1) is 9.52 Å². The first-order valence-corrected chi connectivity index (χ1v) is 3.67. The average Bonchev–Trinajstić information content (AvgIpc) is 1.88. The van der Waals surface area contributed by atoms with Crippen LogP contribution in [0.5, 0.6) is 5.75 Å². The van der Waals surface area contributed by atoms with Gasteiger partial charge in [0, 0.05) is 6.07 Å². The van der Waals surface area contributed by atoms with Crippen molar-refractivity contribution in [3.63, 3.8) is 0 Å². The summed E-state index contributed by atoms with van der Waals surface area (Å²) >= 11 is 1.98. The van der Waals surface area contributed by atoms with E-state index >= 15 is 0 Å². The molecule has 0 N–H and O–H groups in total. The van der Waals surface area contributed by atoms with Crippen LogP contribution in [0.1, 0.15) is 0 Å². The first-order chi connectivity index (χ1) is 4.74. The molecule has 0 aromatic carbocycles. The third kappa shape index (κ3) is 1.56. The first-order valence-electron chi connectivity index (χ1n) is 2.59. The Bertz CT molecular complexity index is 241. The third-order valence-electron chi connectivity index (χ3n) is 1.01. The molecule has 0 amide bonds. The van der Waals surface area contributed by atoms with E-state index in [2.05, 4.69) is 4.98 Å². The van der Waals surface area contributed by atoms with Crippen molar-refractivity contribution < 1.29 is 9.13 Å². The Labute approximate surface area is 71.6 Å². The summed E-state index contributed by atoms with van der Waals surface area (Å²) in [7, 11) is 1.52.